The number of carbonyl (C=O) groups is 2. The molecule has 2 aromatic carbocycles. The van der Waals surface area contributed by atoms with Crippen LogP contribution in [0.3, 0.4) is 0 Å². The van der Waals surface area contributed by atoms with Gasteiger partial charge in [0.25, 0.3) is 5.91 Å². The third-order valence-electron chi connectivity index (χ3n) is 3.77. The fourth-order valence-electron chi connectivity index (χ4n) is 2.47. The minimum absolute atomic E-state index is 0.335. The second kappa shape index (κ2) is 7.76. The maximum Gasteiger partial charge on any atom is 0.308 e. The largest absolute Gasteiger partial charge is 0.427 e. The predicted octanol–water partition coefficient (Wildman–Crippen LogP) is 3.33. The number of carbonyl (C=O) groups excluding carboxylic acids is 2. The quantitative estimate of drug-likeness (QED) is 0.191. The maximum absolute atomic E-state index is 13.0. The Kier molecular flexibility index (Phi) is 5.23. The van der Waals surface area contributed by atoms with E-state index < -0.39 is 17.8 Å². The maximum atomic E-state index is 13.0. The highest BCUT2D eigenvalue weighted by Gasteiger charge is 2.15. The molecule has 0 saturated carbocycles. The minimum Gasteiger partial charge on any atom is -0.427 e. The molecule has 0 aliphatic heterocycles. The number of benzene rings is 2. The van der Waals surface area contributed by atoms with Gasteiger partial charge >= 0.3 is 5.97 Å². The van der Waals surface area contributed by atoms with Gasteiger partial charge in [-0.2, -0.15) is 4.39 Å². The van der Waals surface area contributed by atoms with Gasteiger partial charge in [0.2, 0.25) is 5.95 Å². The van der Waals surface area contributed by atoms with Crippen molar-refractivity contribution < 1.29 is 18.7 Å². The number of hydrogen-bond acceptors (Lipinski definition) is 5. The highest BCUT2D eigenvalue weighted by atomic mass is 19.1. The van der Waals surface area contributed by atoms with E-state index in [1.165, 1.54) is 43.5 Å². The number of ether oxygens (including phenoxy) is 1. The van der Waals surface area contributed by atoms with Crippen LogP contribution in [0.5, 0.6) is 5.75 Å². The zero-order valence-corrected chi connectivity index (χ0v) is 14.4. The van der Waals surface area contributed by atoms with Crippen LogP contribution in [0.2, 0.25) is 0 Å². The van der Waals surface area contributed by atoms with Gasteiger partial charge in [0.15, 0.2) is 0 Å². The first-order valence-corrected chi connectivity index (χ1v) is 8.03. The summed E-state index contributed by atoms with van der Waals surface area (Å²) in [6, 6.07) is 15.9. The molecular formula is C20H16FN3O3. The Morgan fingerprint density at radius 2 is 1.78 bits per heavy atom. The molecule has 0 bridgehead atoms. The number of nitrogens with zero attached hydrogens (tertiary/aromatic N) is 2. The average Bonchev–Trinajstić information content (AvgIpc) is 2.67. The normalized spacial score (nSPS) is 10.3. The monoisotopic (exact) mass is 365 g/mol. The molecule has 0 spiro atoms. The van der Waals surface area contributed by atoms with Crippen LogP contribution >= 0.6 is 0 Å². The fourth-order valence-corrected chi connectivity index (χ4v) is 2.47. The summed E-state index contributed by atoms with van der Waals surface area (Å²) in [5.41, 5.74) is 2.24. The summed E-state index contributed by atoms with van der Waals surface area (Å²) >= 11 is 0. The van der Waals surface area contributed by atoms with Gasteiger partial charge in [-0.05, 0) is 54.1 Å². The highest BCUT2D eigenvalue weighted by molar-refractivity contribution is 6.05. The summed E-state index contributed by atoms with van der Waals surface area (Å²) in [5.74, 6) is 4.88. The van der Waals surface area contributed by atoms with Crippen molar-refractivity contribution in [1.82, 2.24) is 4.98 Å². The topological polar surface area (TPSA) is 85.5 Å². The molecule has 0 aliphatic rings. The predicted molar refractivity (Wildman–Crippen MR) is 98.4 cm³/mol. The second-order valence-corrected chi connectivity index (χ2v) is 5.71. The number of aromatic nitrogens is 1. The molecule has 3 rings (SSSR count). The lowest BCUT2D eigenvalue weighted by Gasteiger charge is -2.18. The van der Waals surface area contributed by atoms with Gasteiger partial charge in [-0.25, -0.2) is 15.8 Å². The van der Waals surface area contributed by atoms with Gasteiger partial charge in [0, 0.05) is 24.2 Å². The lowest BCUT2D eigenvalue weighted by atomic mass is 10.1. The van der Waals surface area contributed by atoms with E-state index in [1.807, 2.05) is 6.07 Å². The molecule has 0 fully saturated rings. The molecule has 27 heavy (non-hydrogen) atoms. The van der Waals surface area contributed by atoms with Crippen LogP contribution in [0.1, 0.15) is 17.3 Å². The van der Waals surface area contributed by atoms with E-state index in [0.717, 1.165) is 10.6 Å². The molecule has 0 radical (unpaired) electrons. The summed E-state index contributed by atoms with van der Waals surface area (Å²) in [6.07, 6.45) is 1.41. The van der Waals surface area contributed by atoms with Crippen molar-refractivity contribution in [2.75, 3.05) is 5.01 Å². The van der Waals surface area contributed by atoms with Crippen molar-refractivity contribution in [3.8, 4) is 16.9 Å². The first-order chi connectivity index (χ1) is 12.9. The van der Waals surface area contributed by atoms with Crippen LogP contribution in [0.15, 0.2) is 66.9 Å². The number of hydrogen-bond donors (Lipinski definition) is 1. The van der Waals surface area contributed by atoms with E-state index >= 15 is 0 Å². The van der Waals surface area contributed by atoms with E-state index in [4.69, 9.17) is 10.6 Å². The highest BCUT2D eigenvalue weighted by Crippen LogP contribution is 2.24. The molecule has 0 unspecified atom stereocenters. The Bertz CT molecular complexity index is 973. The molecule has 1 amide bonds. The zero-order chi connectivity index (χ0) is 19.4. The number of amides is 1. The van der Waals surface area contributed by atoms with Gasteiger partial charge in [-0.1, -0.05) is 12.1 Å². The number of hydrazine groups is 1. The van der Waals surface area contributed by atoms with Crippen molar-refractivity contribution in [2.24, 2.45) is 5.84 Å². The van der Waals surface area contributed by atoms with Gasteiger partial charge in [0.1, 0.15) is 5.75 Å². The molecule has 2 N–H and O–H groups in total. The smallest absolute Gasteiger partial charge is 0.308 e. The number of halogens is 1. The van der Waals surface area contributed by atoms with Crippen LogP contribution in [-0.2, 0) is 4.79 Å². The average molecular weight is 365 g/mol. The van der Waals surface area contributed by atoms with Gasteiger partial charge in [-0.15, -0.1) is 0 Å². The number of esters is 1. The Hall–Kier alpha value is -3.58. The third-order valence-corrected chi connectivity index (χ3v) is 3.77. The van der Waals surface area contributed by atoms with Crippen LogP contribution in [0.25, 0.3) is 11.1 Å². The first kappa shape index (κ1) is 18.2. The van der Waals surface area contributed by atoms with Crippen molar-refractivity contribution in [3.05, 3.63) is 78.4 Å². The molecule has 136 valence electrons. The minimum atomic E-state index is -0.567. The van der Waals surface area contributed by atoms with E-state index in [0.29, 0.717) is 22.6 Å². The molecule has 1 aromatic heterocycles. The Balaban J connectivity index is 1.81. The molecule has 1 heterocycles. The summed E-state index contributed by atoms with van der Waals surface area (Å²) in [5, 5.41) is 1.02. The van der Waals surface area contributed by atoms with E-state index in [-0.39, 0.29) is 0 Å². The van der Waals surface area contributed by atoms with E-state index in [1.54, 1.807) is 24.3 Å². The van der Waals surface area contributed by atoms with Crippen molar-refractivity contribution in [3.63, 3.8) is 0 Å². The van der Waals surface area contributed by atoms with Crippen LogP contribution in [-0.4, -0.2) is 16.9 Å². The summed E-state index contributed by atoms with van der Waals surface area (Å²) in [4.78, 5) is 27.2. The van der Waals surface area contributed by atoms with Gasteiger partial charge < -0.3 is 4.74 Å². The molecule has 0 saturated heterocycles. The lowest BCUT2D eigenvalue weighted by molar-refractivity contribution is -0.131. The van der Waals surface area contributed by atoms with Gasteiger partial charge in [-0.3, -0.25) is 9.59 Å². The number of anilines is 1. The van der Waals surface area contributed by atoms with Crippen molar-refractivity contribution in [2.45, 2.75) is 6.92 Å². The van der Waals surface area contributed by atoms with Crippen LogP contribution < -0.4 is 15.6 Å². The molecule has 3 aromatic rings. The standard InChI is InChI=1S/C20H16FN3O3/c1-13(25)27-18-8-5-14(6-9-18)20(26)24(22)17-4-2-3-15(11-17)16-7-10-19(21)23-12-16/h2-12H,22H2,1H3. The van der Waals surface area contributed by atoms with Crippen molar-refractivity contribution in [1.29, 1.82) is 0 Å². The van der Waals surface area contributed by atoms with E-state index in [2.05, 4.69) is 4.98 Å². The van der Waals surface area contributed by atoms with Gasteiger partial charge in [0.05, 0.1) is 5.69 Å². The summed E-state index contributed by atoms with van der Waals surface area (Å²) in [7, 11) is 0. The SMILES string of the molecule is CC(=O)Oc1ccc(C(=O)N(N)c2cccc(-c3ccc(F)nc3)c2)cc1. The Labute approximate surface area is 155 Å². The molecule has 0 atom stereocenters. The van der Waals surface area contributed by atoms with Crippen molar-refractivity contribution >= 4 is 17.6 Å². The number of pyridine rings is 1. The molecule has 6 nitrogen and oxygen atoms in total. The Morgan fingerprint density at radius 1 is 1.04 bits per heavy atom. The third kappa shape index (κ3) is 4.34. The number of nitrogens with two attached hydrogens (primary N) is 1. The summed E-state index contributed by atoms with van der Waals surface area (Å²) in [6.45, 7) is 1.30. The summed E-state index contributed by atoms with van der Waals surface area (Å²) < 4.78 is 17.9. The molecule has 7 heteroatoms. The van der Waals surface area contributed by atoms with Crippen LogP contribution in [0.4, 0.5) is 10.1 Å². The molecule has 0 aliphatic carbocycles. The Morgan fingerprint density at radius 3 is 2.41 bits per heavy atom. The lowest BCUT2D eigenvalue weighted by Crippen LogP contribution is -2.37. The van der Waals surface area contributed by atoms with Crippen LogP contribution in [0, 0.1) is 5.95 Å². The fraction of sp³-hybridized carbons (Fsp3) is 0.0500. The number of rotatable bonds is 4. The first-order valence-electron chi connectivity index (χ1n) is 8.03. The zero-order valence-electron chi connectivity index (χ0n) is 14.4. The van der Waals surface area contributed by atoms with E-state index in [9.17, 15) is 14.0 Å². The second-order valence-electron chi connectivity index (χ2n) is 5.71. The molecular weight excluding hydrogens is 349 g/mol.